The molecular weight excluding hydrogens is 549 g/mol. The first-order valence-electron chi connectivity index (χ1n) is 14.8. The van der Waals surface area contributed by atoms with Crippen LogP contribution in [0.3, 0.4) is 0 Å². The van der Waals surface area contributed by atoms with Crippen LogP contribution in [0.1, 0.15) is 73.5 Å². The number of aryl methyl sites for hydroxylation is 2. The maximum absolute atomic E-state index is 13.7. The van der Waals surface area contributed by atoms with Gasteiger partial charge in [-0.1, -0.05) is 6.07 Å². The Hall–Kier alpha value is -4.32. The van der Waals surface area contributed by atoms with Gasteiger partial charge in [0.05, 0.1) is 29.8 Å². The standard InChI is InChI=1S/C31H38FN9O2/c1-19-14-26(39-38-19)36-25-15-22-6-5-13-40(3)29(22)28(37-25)21-9-11-31(43-4,12-10-21)30(42)35-20(2)23-7-8-27(33-16-23)41-18-24(32)17-34-41/h7-8,14-18,20-21H,5-6,9-13H2,1-4H3,(H,35,42)(H2,36,37,38,39)/t20-,21-,31-/m0/s1. The van der Waals surface area contributed by atoms with Crippen molar-refractivity contribution in [3.63, 3.8) is 0 Å². The van der Waals surface area contributed by atoms with Crippen molar-refractivity contribution in [2.45, 2.75) is 69.9 Å². The van der Waals surface area contributed by atoms with Crippen molar-refractivity contribution in [3.8, 4) is 5.82 Å². The number of hydrogen-bond donors (Lipinski definition) is 3. The molecule has 12 heteroatoms. The Bertz CT molecular complexity index is 1590. The lowest BCUT2D eigenvalue weighted by molar-refractivity contribution is -0.148. The van der Waals surface area contributed by atoms with E-state index in [1.807, 2.05) is 26.0 Å². The van der Waals surface area contributed by atoms with Gasteiger partial charge in [-0.05, 0) is 75.6 Å². The van der Waals surface area contributed by atoms with E-state index < -0.39 is 11.4 Å². The fourth-order valence-corrected chi connectivity index (χ4v) is 6.33. The van der Waals surface area contributed by atoms with Gasteiger partial charge in [0.15, 0.2) is 17.5 Å². The highest BCUT2D eigenvalue weighted by Crippen LogP contribution is 2.44. The molecule has 226 valence electrons. The SMILES string of the molecule is CO[C@]1(C(=O)N[C@@H](C)c2ccc(-n3cc(F)cn3)nc2)CC[C@@H](c2nc(Nc3cc(C)[nH]n3)cc3c2N(C)CCC3)CC1. The van der Waals surface area contributed by atoms with Crippen molar-refractivity contribution in [1.29, 1.82) is 0 Å². The number of carbonyl (C=O) groups excluding carboxylic acids is 1. The monoisotopic (exact) mass is 587 g/mol. The third-order valence-corrected chi connectivity index (χ3v) is 8.77. The molecule has 43 heavy (non-hydrogen) atoms. The minimum absolute atomic E-state index is 0.129. The van der Waals surface area contributed by atoms with E-state index in [1.54, 1.807) is 19.4 Å². The molecular formula is C31H38FN9O2. The molecule has 4 aromatic heterocycles. The molecule has 0 spiro atoms. The molecule has 1 fully saturated rings. The van der Waals surface area contributed by atoms with Crippen LogP contribution in [0.25, 0.3) is 5.82 Å². The largest absolute Gasteiger partial charge is 0.373 e. The molecule has 1 aliphatic carbocycles. The van der Waals surface area contributed by atoms with Crippen LogP contribution in [0, 0.1) is 12.7 Å². The molecule has 1 atom stereocenters. The Morgan fingerprint density at radius 1 is 1.21 bits per heavy atom. The molecule has 0 saturated heterocycles. The summed E-state index contributed by atoms with van der Waals surface area (Å²) in [5, 5.41) is 17.8. The van der Waals surface area contributed by atoms with Gasteiger partial charge < -0.3 is 20.3 Å². The van der Waals surface area contributed by atoms with Gasteiger partial charge >= 0.3 is 0 Å². The summed E-state index contributed by atoms with van der Waals surface area (Å²) in [4.78, 5) is 25.5. The van der Waals surface area contributed by atoms with Gasteiger partial charge in [0.2, 0.25) is 0 Å². The number of methoxy groups -OCH3 is 1. The first-order chi connectivity index (χ1) is 20.7. The van der Waals surface area contributed by atoms with Crippen molar-refractivity contribution in [2.75, 3.05) is 30.9 Å². The van der Waals surface area contributed by atoms with E-state index in [0.717, 1.165) is 67.0 Å². The molecule has 1 amide bonds. The van der Waals surface area contributed by atoms with Crippen molar-refractivity contribution >= 4 is 23.2 Å². The Balaban J connectivity index is 1.16. The van der Waals surface area contributed by atoms with E-state index in [4.69, 9.17) is 9.72 Å². The molecule has 0 aromatic carbocycles. The van der Waals surface area contributed by atoms with Gasteiger partial charge in [0.25, 0.3) is 5.91 Å². The first-order valence-corrected chi connectivity index (χ1v) is 14.8. The molecule has 0 bridgehead atoms. The molecule has 11 nitrogen and oxygen atoms in total. The number of nitrogens with one attached hydrogen (secondary N) is 3. The average Bonchev–Trinajstić information content (AvgIpc) is 3.64. The van der Waals surface area contributed by atoms with Crippen LogP contribution in [0.15, 0.2) is 42.9 Å². The van der Waals surface area contributed by atoms with Crippen molar-refractivity contribution in [1.82, 2.24) is 35.3 Å². The summed E-state index contributed by atoms with van der Waals surface area (Å²) in [6.45, 7) is 4.89. The fourth-order valence-electron chi connectivity index (χ4n) is 6.33. The van der Waals surface area contributed by atoms with Gasteiger partial charge in [0.1, 0.15) is 11.4 Å². The molecule has 0 radical (unpaired) electrons. The number of fused-ring (bicyclic) bond motifs is 1. The van der Waals surface area contributed by atoms with Crippen LogP contribution in [0.2, 0.25) is 0 Å². The fraction of sp³-hybridized carbons (Fsp3) is 0.452. The Labute approximate surface area is 250 Å². The number of aromatic amines is 1. The molecule has 3 N–H and O–H groups in total. The number of hydrogen-bond acceptors (Lipinski definition) is 8. The normalized spacial score (nSPS) is 20.9. The molecule has 0 unspecified atom stereocenters. The summed E-state index contributed by atoms with van der Waals surface area (Å²) in [6, 6.07) is 7.43. The number of halogens is 1. The molecule has 4 aromatic rings. The van der Waals surface area contributed by atoms with Crippen LogP contribution in [-0.2, 0) is 16.0 Å². The van der Waals surface area contributed by atoms with Gasteiger partial charge in [-0.2, -0.15) is 10.2 Å². The number of rotatable bonds is 8. The lowest BCUT2D eigenvalue weighted by atomic mass is 9.75. The molecule has 1 saturated carbocycles. The van der Waals surface area contributed by atoms with E-state index in [0.29, 0.717) is 18.7 Å². The van der Waals surface area contributed by atoms with Crippen molar-refractivity contribution < 1.29 is 13.9 Å². The molecule has 2 aliphatic rings. The number of nitrogens with zero attached hydrogens (tertiary/aromatic N) is 6. The smallest absolute Gasteiger partial charge is 0.252 e. The first kappa shape index (κ1) is 28.8. The summed E-state index contributed by atoms with van der Waals surface area (Å²) in [5.41, 5.74) is 4.49. The zero-order chi connectivity index (χ0) is 30.1. The molecule has 5 heterocycles. The summed E-state index contributed by atoms with van der Waals surface area (Å²) in [6.07, 6.45) is 8.92. The lowest BCUT2D eigenvalue weighted by Crippen LogP contribution is -2.51. The summed E-state index contributed by atoms with van der Waals surface area (Å²) < 4.78 is 20.7. The van der Waals surface area contributed by atoms with Gasteiger partial charge in [0, 0.05) is 44.6 Å². The lowest BCUT2D eigenvalue weighted by Gasteiger charge is -2.40. The summed E-state index contributed by atoms with van der Waals surface area (Å²) in [7, 11) is 3.76. The number of amides is 1. The highest BCUT2D eigenvalue weighted by molar-refractivity contribution is 5.85. The van der Waals surface area contributed by atoms with Crippen molar-refractivity contribution in [3.05, 3.63) is 71.2 Å². The minimum Gasteiger partial charge on any atom is -0.373 e. The second-order valence-electron chi connectivity index (χ2n) is 11.7. The van der Waals surface area contributed by atoms with E-state index in [-0.39, 0.29) is 17.9 Å². The van der Waals surface area contributed by atoms with Gasteiger partial charge in [-0.3, -0.25) is 9.89 Å². The zero-order valence-corrected chi connectivity index (χ0v) is 25.0. The number of pyridine rings is 2. The van der Waals surface area contributed by atoms with Crippen LogP contribution < -0.4 is 15.5 Å². The van der Waals surface area contributed by atoms with Crippen LogP contribution >= 0.6 is 0 Å². The van der Waals surface area contributed by atoms with Gasteiger partial charge in [-0.15, -0.1) is 0 Å². The van der Waals surface area contributed by atoms with Crippen molar-refractivity contribution in [2.24, 2.45) is 0 Å². The number of carbonyl (C=O) groups is 1. The third kappa shape index (κ3) is 5.83. The van der Waals surface area contributed by atoms with Crippen LogP contribution in [0.4, 0.5) is 21.7 Å². The summed E-state index contributed by atoms with van der Waals surface area (Å²) in [5.74, 6) is 1.68. The summed E-state index contributed by atoms with van der Waals surface area (Å²) >= 11 is 0. The number of anilines is 3. The van der Waals surface area contributed by atoms with Crippen LogP contribution in [0.5, 0.6) is 0 Å². The highest BCUT2D eigenvalue weighted by atomic mass is 19.1. The second kappa shape index (κ2) is 11.8. The third-order valence-electron chi connectivity index (χ3n) is 8.77. The molecule has 1 aliphatic heterocycles. The number of ether oxygens (including phenoxy) is 1. The number of H-pyrrole nitrogens is 1. The second-order valence-corrected chi connectivity index (χ2v) is 11.7. The zero-order valence-electron chi connectivity index (χ0n) is 25.0. The topological polar surface area (TPSA) is 126 Å². The van der Waals surface area contributed by atoms with E-state index in [9.17, 15) is 9.18 Å². The Kier molecular flexibility index (Phi) is 7.87. The van der Waals surface area contributed by atoms with Crippen LogP contribution in [-0.4, -0.2) is 62.2 Å². The predicted octanol–water partition coefficient (Wildman–Crippen LogP) is 4.88. The Morgan fingerprint density at radius 3 is 2.67 bits per heavy atom. The highest BCUT2D eigenvalue weighted by Gasteiger charge is 2.44. The quantitative estimate of drug-likeness (QED) is 0.266. The average molecular weight is 588 g/mol. The number of aromatic nitrogens is 6. The van der Waals surface area contributed by atoms with Gasteiger partial charge in [-0.25, -0.2) is 19.0 Å². The molecule has 6 rings (SSSR count). The maximum atomic E-state index is 13.7. The maximum Gasteiger partial charge on any atom is 0.252 e. The minimum atomic E-state index is -0.918. The van der Waals surface area contributed by atoms with E-state index >= 15 is 0 Å². The van der Waals surface area contributed by atoms with E-state index in [1.165, 1.54) is 22.1 Å². The predicted molar refractivity (Wildman–Crippen MR) is 161 cm³/mol. The van der Waals surface area contributed by atoms with E-state index in [2.05, 4.69) is 48.9 Å². The Morgan fingerprint density at radius 2 is 2.02 bits per heavy atom.